The quantitative estimate of drug-likeness (QED) is 0.779. The molecule has 1 saturated carbocycles. The molecule has 2 aliphatic carbocycles. The molecule has 0 aromatic carbocycles. The second kappa shape index (κ2) is 6.64. The summed E-state index contributed by atoms with van der Waals surface area (Å²) in [6.07, 6.45) is 4.39. The van der Waals surface area contributed by atoms with Crippen LogP contribution in [-0.2, 0) is 22.0 Å². The Morgan fingerprint density at radius 3 is 2.26 bits per heavy atom. The van der Waals surface area contributed by atoms with E-state index in [0.717, 1.165) is 6.42 Å². The summed E-state index contributed by atoms with van der Waals surface area (Å²) in [7, 11) is 1.48. The van der Waals surface area contributed by atoms with Gasteiger partial charge in [0, 0.05) is 13.1 Å². The molecule has 1 aliphatic heterocycles. The first-order chi connectivity index (χ1) is 12.5. The number of aryl methyl sites for hydroxylation is 1. The van der Waals surface area contributed by atoms with Crippen LogP contribution < -0.4 is 5.56 Å². The molecule has 150 valence electrons. The number of aliphatic hydroxyl groups is 1. The molecule has 3 unspecified atom stereocenters. The van der Waals surface area contributed by atoms with Gasteiger partial charge in [-0.05, 0) is 64.3 Å². The lowest BCUT2D eigenvalue weighted by Gasteiger charge is -2.32. The van der Waals surface area contributed by atoms with Crippen LogP contribution >= 0.6 is 0 Å². The summed E-state index contributed by atoms with van der Waals surface area (Å²) in [5.74, 6) is 0.660. The Morgan fingerprint density at radius 1 is 1.19 bits per heavy atom. The van der Waals surface area contributed by atoms with Gasteiger partial charge in [-0.25, -0.2) is 0 Å². The van der Waals surface area contributed by atoms with Crippen molar-refractivity contribution >= 4 is 7.12 Å². The van der Waals surface area contributed by atoms with Gasteiger partial charge in [-0.15, -0.1) is 0 Å². The van der Waals surface area contributed by atoms with Crippen molar-refractivity contribution in [2.75, 3.05) is 0 Å². The molecule has 1 aromatic heterocycles. The minimum Gasteiger partial charge on any atom is -0.400 e. The van der Waals surface area contributed by atoms with Crippen molar-refractivity contribution in [1.29, 1.82) is 0 Å². The Balaban J connectivity index is 0.00000102. The first-order valence-corrected chi connectivity index (χ1v) is 10.1. The molecule has 3 aliphatic rings. The zero-order valence-corrected chi connectivity index (χ0v) is 17.6. The number of nitrogens with one attached hydrogen (secondary N) is 1. The standard InChI is InChI=1S/C18H27BN2O4.C2H6/c1-16(2)17(3,4)25-19(24-16)13-6-11-9-18(23,10-12(11)7-13)14-8-15(22)20-21(14)5;1-2/h6,8,11-12,23H,7,9-10H2,1-5H3,(H,20,22);1-2H3. The van der Waals surface area contributed by atoms with E-state index in [4.69, 9.17) is 9.31 Å². The molecule has 27 heavy (non-hydrogen) atoms. The van der Waals surface area contributed by atoms with Crippen LogP contribution in [-0.4, -0.2) is 33.2 Å². The molecule has 6 nitrogen and oxygen atoms in total. The lowest BCUT2D eigenvalue weighted by molar-refractivity contribution is 0.00578. The molecule has 0 bridgehead atoms. The highest BCUT2D eigenvalue weighted by Gasteiger charge is 2.55. The molecule has 4 rings (SSSR count). The smallest absolute Gasteiger partial charge is 0.400 e. The largest absolute Gasteiger partial charge is 0.490 e. The summed E-state index contributed by atoms with van der Waals surface area (Å²) >= 11 is 0. The van der Waals surface area contributed by atoms with Crippen molar-refractivity contribution in [3.8, 4) is 0 Å². The number of aromatic amines is 1. The minimum absolute atomic E-state index is 0.170. The fraction of sp³-hybridized carbons (Fsp3) is 0.750. The monoisotopic (exact) mass is 376 g/mol. The summed E-state index contributed by atoms with van der Waals surface area (Å²) in [5.41, 5.74) is 0.0922. The Labute approximate surface area is 162 Å². The highest BCUT2D eigenvalue weighted by atomic mass is 16.7. The lowest BCUT2D eigenvalue weighted by atomic mass is 9.76. The molecule has 0 radical (unpaired) electrons. The molecule has 1 saturated heterocycles. The average molecular weight is 376 g/mol. The maximum absolute atomic E-state index is 11.6. The van der Waals surface area contributed by atoms with E-state index in [-0.39, 0.29) is 23.9 Å². The van der Waals surface area contributed by atoms with Gasteiger partial charge in [0.15, 0.2) is 0 Å². The van der Waals surface area contributed by atoms with Gasteiger partial charge in [0.05, 0.1) is 16.9 Å². The van der Waals surface area contributed by atoms with E-state index in [9.17, 15) is 9.90 Å². The third-order valence-electron chi connectivity index (χ3n) is 6.64. The van der Waals surface area contributed by atoms with Gasteiger partial charge < -0.3 is 14.4 Å². The van der Waals surface area contributed by atoms with E-state index in [1.807, 2.05) is 13.8 Å². The third kappa shape index (κ3) is 3.34. The summed E-state index contributed by atoms with van der Waals surface area (Å²) in [5, 5.41) is 13.8. The number of aromatic nitrogens is 2. The van der Waals surface area contributed by atoms with Gasteiger partial charge in [-0.3, -0.25) is 14.6 Å². The normalized spacial score (nSPS) is 33.5. The number of nitrogens with zero attached hydrogens (tertiary/aromatic N) is 1. The molecule has 2 heterocycles. The van der Waals surface area contributed by atoms with Crippen LogP contribution in [0.2, 0.25) is 0 Å². The number of hydrogen-bond donors (Lipinski definition) is 2. The Hall–Kier alpha value is -1.31. The van der Waals surface area contributed by atoms with Crippen LogP contribution in [0.3, 0.4) is 0 Å². The zero-order valence-electron chi connectivity index (χ0n) is 17.6. The van der Waals surface area contributed by atoms with Crippen molar-refractivity contribution < 1.29 is 14.4 Å². The second-order valence-electron chi connectivity index (χ2n) is 8.96. The van der Waals surface area contributed by atoms with E-state index in [1.54, 1.807) is 11.7 Å². The zero-order chi connectivity index (χ0) is 20.2. The van der Waals surface area contributed by atoms with Crippen molar-refractivity contribution in [2.24, 2.45) is 18.9 Å². The molecule has 2 N–H and O–H groups in total. The van der Waals surface area contributed by atoms with Gasteiger partial charge in [0.25, 0.3) is 5.56 Å². The number of H-pyrrole nitrogens is 1. The average Bonchev–Trinajstić information content (AvgIpc) is 3.23. The molecule has 0 spiro atoms. The fourth-order valence-electron chi connectivity index (χ4n) is 4.59. The van der Waals surface area contributed by atoms with E-state index >= 15 is 0 Å². The summed E-state index contributed by atoms with van der Waals surface area (Å²) in [6, 6.07) is 1.51. The third-order valence-corrected chi connectivity index (χ3v) is 6.64. The second-order valence-corrected chi connectivity index (χ2v) is 8.96. The lowest BCUT2D eigenvalue weighted by Crippen LogP contribution is -2.41. The van der Waals surface area contributed by atoms with Crippen LogP contribution in [0.1, 0.15) is 66.5 Å². The van der Waals surface area contributed by atoms with Crippen molar-refractivity contribution in [3.63, 3.8) is 0 Å². The van der Waals surface area contributed by atoms with Gasteiger partial charge in [0.1, 0.15) is 5.60 Å². The molecular formula is C20H33BN2O4. The predicted molar refractivity (Wildman–Crippen MR) is 106 cm³/mol. The molecule has 1 aromatic rings. The fourth-order valence-corrected chi connectivity index (χ4v) is 4.59. The maximum Gasteiger partial charge on any atom is 0.490 e. The number of allylic oxidation sites excluding steroid dienone is 2. The highest BCUT2D eigenvalue weighted by Crippen LogP contribution is 2.53. The molecule has 3 atom stereocenters. The van der Waals surface area contributed by atoms with E-state index in [1.165, 1.54) is 11.5 Å². The van der Waals surface area contributed by atoms with Gasteiger partial charge in [-0.2, -0.15) is 0 Å². The number of hydrogen-bond acceptors (Lipinski definition) is 4. The van der Waals surface area contributed by atoms with Crippen LogP contribution in [0, 0.1) is 11.8 Å². The van der Waals surface area contributed by atoms with Gasteiger partial charge in [-0.1, -0.05) is 19.9 Å². The summed E-state index contributed by atoms with van der Waals surface area (Å²) < 4.78 is 14.0. The minimum atomic E-state index is -0.943. The summed E-state index contributed by atoms with van der Waals surface area (Å²) in [6.45, 7) is 12.3. The highest BCUT2D eigenvalue weighted by molar-refractivity contribution is 6.54. The van der Waals surface area contributed by atoms with Crippen molar-refractivity contribution in [1.82, 2.24) is 9.78 Å². The molecule has 7 heteroatoms. The topological polar surface area (TPSA) is 76.5 Å². The number of fused-ring (bicyclic) bond motifs is 1. The first-order valence-electron chi connectivity index (χ1n) is 10.1. The van der Waals surface area contributed by atoms with E-state index in [2.05, 4.69) is 38.9 Å². The Kier molecular flexibility index (Phi) is 5.02. The van der Waals surface area contributed by atoms with E-state index in [0.29, 0.717) is 30.4 Å². The Bertz CT molecular complexity index is 778. The Morgan fingerprint density at radius 2 is 1.78 bits per heavy atom. The molecular weight excluding hydrogens is 343 g/mol. The first kappa shape index (κ1) is 20.4. The summed E-state index contributed by atoms with van der Waals surface area (Å²) in [4.78, 5) is 11.6. The van der Waals surface area contributed by atoms with Gasteiger partial charge >= 0.3 is 7.12 Å². The van der Waals surface area contributed by atoms with Crippen molar-refractivity contribution in [3.05, 3.63) is 33.7 Å². The molecule has 2 fully saturated rings. The molecule has 0 amide bonds. The van der Waals surface area contributed by atoms with Crippen molar-refractivity contribution in [2.45, 2.75) is 77.6 Å². The van der Waals surface area contributed by atoms with Crippen LogP contribution in [0.15, 0.2) is 22.4 Å². The van der Waals surface area contributed by atoms with Crippen LogP contribution in [0.5, 0.6) is 0 Å². The SMILES string of the molecule is CC.Cn1[nH]c(=O)cc1C1(O)CC2C=C(B3OC(C)(C)C(C)(C)O3)CC2C1. The van der Waals surface area contributed by atoms with E-state index < -0.39 is 5.60 Å². The number of rotatable bonds is 2. The van der Waals surface area contributed by atoms with Gasteiger partial charge in [0.2, 0.25) is 0 Å². The maximum atomic E-state index is 11.6. The van der Waals surface area contributed by atoms with Crippen LogP contribution in [0.25, 0.3) is 0 Å². The predicted octanol–water partition coefficient (Wildman–Crippen LogP) is 2.91. The van der Waals surface area contributed by atoms with Crippen LogP contribution in [0.4, 0.5) is 0 Å².